The normalized spacial score (nSPS) is 11.3. The van der Waals surface area contributed by atoms with E-state index >= 15 is 0 Å². The van der Waals surface area contributed by atoms with Crippen molar-refractivity contribution < 1.29 is 9.53 Å². The van der Waals surface area contributed by atoms with E-state index in [0.29, 0.717) is 5.69 Å². The Balaban J connectivity index is 2.07. The van der Waals surface area contributed by atoms with Crippen molar-refractivity contribution in [3.63, 3.8) is 0 Å². The van der Waals surface area contributed by atoms with Gasteiger partial charge in [0.25, 0.3) is 0 Å². The molecule has 100 valence electrons. The molecular formula is C15H18N2O2. The van der Waals surface area contributed by atoms with E-state index in [1.807, 2.05) is 51.1 Å². The van der Waals surface area contributed by atoms with Gasteiger partial charge in [0.05, 0.1) is 12.0 Å². The second-order valence-corrected chi connectivity index (χ2v) is 5.44. The lowest BCUT2D eigenvalue weighted by Gasteiger charge is -2.17. The van der Waals surface area contributed by atoms with Crippen molar-refractivity contribution in [2.24, 2.45) is 0 Å². The highest BCUT2D eigenvalue weighted by Crippen LogP contribution is 2.23. The van der Waals surface area contributed by atoms with E-state index in [0.717, 1.165) is 11.3 Å². The van der Waals surface area contributed by atoms with Crippen LogP contribution in [0.1, 0.15) is 42.5 Å². The van der Waals surface area contributed by atoms with Crippen LogP contribution >= 0.6 is 0 Å². The number of rotatable bonds is 3. The number of hydrogen-bond donors (Lipinski definition) is 1. The van der Waals surface area contributed by atoms with Gasteiger partial charge in [0.1, 0.15) is 6.61 Å². The fourth-order valence-corrected chi connectivity index (χ4v) is 1.81. The highest BCUT2D eigenvalue weighted by Gasteiger charge is 2.25. The third-order valence-electron chi connectivity index (χ3n) is 2.80. The zero-order chi connectivity index (χ0) is 13.9. The molecule has 0 aliphatic rings. The lowest BCUT2D eigenvalue weighted by molar-refractivity contribution is 0.0463. The standard InChI is InChI=1S/C15H18N2O2/c1-15(2,3)13-12(16-10-17-13)14(18)19-9-11-7-5-4-6-8-11/h4-8,10H,9H2,1-3H3,(H,16,17). The number of carbonyl (C=O) groups excluding carboxylic acids is 1. The molecule has 0 amide bonds. The SMILES string of the molecule is CC(C)(C)c1[nH]cnc1C(=O)OCc1ccccc1. The molecular weight excluding hydrogens is 240 g/mol. The van der Waals surface area contributed by atoms with E-state index in [-0.39, 0.29) is 12.0 Å². The average Bonchev–Trinajstić information content (AvgIpc) is 2.86. The first-order valence-corrected chi connectivity index (χ1v) is 6.23. The minimum absolute atomic E-state index is 0.169. The summed E-state index contributed by atoms with van der Waals surface area (Å²) in [6.45, 7) is 6.33. The molecule has 0 bridgehead atoms. The molecule has 0 unspecified atom stereocenters. The lowest BCUT2D eigenvalue weighted by atomic mass is 9.91. The van der Waals surface area contributed by atoms with Gasteiger partial charge in [-0.1, -0.05) is 51.1 Å². The second kappa shape index (κ2) is 5.26. The number of ether oxygens (including phenoxy) is 1. The van der Waals surface area contributed by atoms with Crippen LogP contribution in [0.25, 0.3) is 0 Å². The fourth-order valence-electron chi connectivity index (χ4n) is 1.81. The van der Waals surface area contributed by atoms with Crippen molar-refractivity contribution in [2.75, 3.05) is 0 Å². The number of carbonyl (C=O) groups is 1. The Bertz CT molecular complexity index is 553. The summed E-state index contributed by atoms with van der Waals surface area (Å²) in [6.07, 6.45) is 1.53. The largest absolute Gasteiger partial charge is 0.456 e. The molecule has 0 radical (unpaired) electrons. The summed E-state index contributed by atoms with van der Waals surface area (Å²) in [5.41, 5.74) is 1.95. The second-order valence-electron chi connectivity index (χ2n) is 5.44. The first-order valence-electron chi connectivity index (χ1n) is 6.23. The quantitative estimate of drug-likeness (QED) is 0.861. The minimum atomic E-state index is -0.393. The molecule has 0 saturated heterocycles. The smallest absolute Gasteiger partial charge is 0.359 e. The van der Waals surface area contributed by atoms with Gasteiger partial charge >= 0.3 is 5.97 Å². The van der Waals surface area contributed by atoms with Crippen LogP contribution in [0.2, 0.25) is 0 Å². The van der Waals surface area contributed by atoms with Crippen LogP contribution in [0, 0.1) is 0 Å². The van der Waals surface area contributed by atoms with Crippen LogP contribution in [-0.4, -0.2) is 15.9 Å². The number of hydrogen-bond acceptors (Lipinski definition) is 3. The van der Waals surface area contributed by atoms with Crippen molar-refractivity contribution >= 4 is 5.97 Å². The summed E-state index contributed by atoms with van der Waals surface area (Å²) in [5, 5.41) is 0. The summed E-state index contributed by atoms with van der Waals surface area (Å²) in [7, 11) is 0. The summed E-state index contributed by atoms with van der Waals surface area (Å²) >= 11 is 0. The molecule has 0 fully saturated rings. The Labute approximate surface area is 112 Å². The number of nitrogens with one attached hydrogen (secondary N) is 1. The maximum atomic E-state index is 12.0. The zero-order valence-corrected chi connectivity index (χ0v) is 11.4. The Hall–Kier alpha value is -2.10. The van der Waals surface area contributed by atoms with E-state index < -0.39 is 5.97 Å². The molecule has 0 saturated carbocycles. The molecule has 19 heavy (non-hydrogen) atoms. The van der Waals surface area contributed by atoms with Gasteiger partial charge in [-0.15, -0.1) is 0 Å². The molecule has 0 aliphatic carbocycles. The van der Waals surface area contributed by atoms with E-state index in [1.165, 1.54) is 6.33 Å². The molecule has 0 spiro atoms. The number of imidazole rings is 1. The number of esters is 1. The third-order valence-corrected chi connectivity index (χ3v) is 2.80. The number of aromatic nitrogens is 2. The molecule has 0 atom stereocenters. The van der Waals surface area contributed by atoms with E-state index in [4.69, 9.17) is 4.74 Å². The predicted octanol–water partition coefficient (Wildman–Crippen LogP) is 3.06. The predicted molar refractivity (Wildman–Crippen MR) is 72.8 cm³/mol. The molecule has 4 nitrogen and oxygen atoms in total. The number of H-pyrrole nitrogens is 1. The van der Waals surface area contributed by atoms with Crippen molar-refractivity contribution in [3.05, 3.63) is 53.6 Å². The van der Waals surface area contributed by atoms with E-state index in [1.54, 1.807) is 0 Å². The maximum Gasteiger partial charge on any atom is 0.359 e. The van der Waals surface area contributed by atoms with Crippen LogP contribution in [0.3, 0.4) is 0 Å². The molecule has 1 aromatic heterocycles. The molecule has 2 aromatic rings. The van der Waals surface area contributed by atoms with Gasteiger partial charge in [0.15, 0.2) is 5.69 Å². The lowest BCUT2D eigenvalue weighted by Crippen LogP contribution is -2.18. The van der Waals surface area contributed by atoms with Crippen LogP contribution in [0.15, 0.2) is 36.7 Å². The fraction of sp³-hybridized carbons (Fsp3) is 0.333. The van der Waals surface area contributed by atoms with Crippen LogP contribution in [0.5, 0.6) is 0 Å². The highest BCUT2D eigenvalue weighted by molar-refractivity contribution is 5.88. The minimum Gasteiger partial charge on any atom is -0.456 e. The first kappa shape index (κ1) is 13.3. The first-order chi connectivity index (χ1) is 8.98. The summed E-state index contributed by atoms with van der Waals surface area (Å²) in [5.74, 6) is -0.393. The van der Waals surface area contributed by atoms with Gasteiger partial charge in [-0.2, -0.15) is 0 Å². The average molecular weight is 258 g/mol. The number of nitrogens with zero attached hydrogens (tertiary/aromatic N) is 1. The van der Waals surface area contributed by atoms with Crippen LogP contribution in [0.4, 0.5) is 0 Å². The molecule has 2 rings (SSSR count). The molecule has 1 heterocycles. The highest BCUT2D eigenvalue weighted by atomic mass is 16.5. The number of aromatic amines is 1. The summed E-state index contributed by atoms with van der Waals surface area (Å²) < 4.78 is 5.29. The monoisotopic (exact) mass is 258 g/mol. The van der Waals surface area contributed by atoms with Gasteiger partial charge in [-0.25, -0.2) is 9.78 Å². The van der Waals surface area contributed by atoms with E-state index in [2.05, 4.69) is 9.97 Å². The number of benzene rings is 1. The van der Waals surface area contributed by atoms with Crippen molar-refractivity contribution in [2.45, 2.75) is 32.8 Å². The zero-order valence-electron chi connectivity index (χ0n) is 11.4. The van der Waals surface area contributed by atoms with Gasteiger partial charge in [-0.05, 0) is 5.56 Å². The summed E-state index contributed by atoms with van der Waals surface area (Å²) in [6, 6.07) is 9.60. The van der Waals surface area contributed by atoms with Crippen LogP contribution in [-0.2, 0) is 16.8 Å². The maximum absolute atomic E-state index is 12.0. The van der Waals surface area contributed by atoms with Crippen molar-refractivity contribution in [1.29, 1.82) is 0 Å². The van der Waals surface area contributed by atoms with Crippen molar-refractivity contribution in [1.82, 2.24) is 9.97 Å². The Kier molecular flexibility index (Phi) is 3.69. The summed E-state index contributed by atoms with van der Waals surface area (Å²) in [4.78, 5) is 19.1. The van der Waals surface area contributed by atoms with E-state index in [9.17, 15) is 4.79 Å². The molecule has 0 aliphatic heterocycles. The van der Waals surface area contributed by atoms with Gasteiger partial charge in [0, 0.05) is 5.41 Å². The Morgan fingerprint density at radius 1 is 1.26 bits per heavy atom. The molecule has 1 aromatic carbocycles. The topological polar surface area (TPSA) is 55.0 Å². The van der Waals surface area contributed by atoms with Crippen molar-refractivity contribution in [3.8, 4) is 0 Å². The third kappa shape index (κ3) is 3.22. The Morgan fingerprint density at radius 2 is 1.95 bits per heavy atom. The van der Waals surface area contributed by atoms with Gasteiger partial charge in [0.2, 0.25) is 0 Å². The molecule has 1 N–H and O–H groups in total. The van der Waals surface area contributed by atoms with Gasteiger partial charge in [-0.3, -0.25) is 0 Å². The van der Waals surface area contributed by atoms with Crippen LogP contribution < -0.4 is 0 Å². The molecule has 4 heteroatoms. The van der Waals surface area contributed by atoms with Gasteiger partial charge < -0.3 is 9.72 Å². The Morgan fingerprint density at radius 3 is 2.58 bits per heavy atom.